The average molecular weight is 213 g/mol. The molecule has 2 nitrogen and oxygen atoms in total. The van der Waals surface area contributed by atoms with E-state index in [2.05, 4.69) is 20.8 Å². The van der Waals surface area contributed by atoms with Crippen LogP contribution < -0.4 is 5.73 Å². The predicted octanol–water partition coefficient (Wildman–Crippen LogP) is 3.10. The van der Waals surface area contributed by atoms with Gasteiger partial charge in [0.05, 0.1) is 5.60 Å². The summed E-state index contributed by atoms with van der Waals surface area (Å²) in [6.45, 7) is 7.18. The van der Waals surface area contributed by atoms with Crippen molar-refractivity contribution < 1.29 is 4.74 Å². The zero-order valence-electron chi connectivity index (χ0n) is 10.6. The van der Waals surface area contributed by atoms with Gasteiger partial charge in [-0.2, -0.15) is 0 Å². The maximum atomic E-state index is 6.40. The van der Waals surface area contributed by atoms with Crippen LogP contribution in [0.2, 0.25) is 0 Å². The van der Waals surface area contributed by atoms with E-state index in [1.54, 1.807) is 0 Å². The lowest BCUT2D eigenvalue weighted by Gasteiger charge is -2.40. The third-order valence-corrected chi connectivity index (χ3v) is 4.04. The average Bonchev–Trinajstić information content (AvgIpc) is 2.29. The Kier molecular flexibility index (Phi) is 5.07. The minimum atomic E-state index is -0.114. The summed E-state index contributed by atoms with van der Waals surface area (Å²) >= 11 is 0. The summed E-state index contributed by atoms with van der Waals surface area (Å²) in [6, 6.07) is 0.211. The first-order chi connectivity index (χ1) is 7.14. The second kappa shape index (κ2) is 5.86. The first-order valence-electron chi connectivity index (χ1n) is 6.53. The fourth-order valence-corrected chi connectivity index (χ4v) is 2.76. The Balaban J connectivity index is 2.57. The van der Waals surface area contributed by atoms with E-state index >= 15 is 0 Å². The van der Waals surface area contributed by atoms with E-state index in [4.69, 9.17) is 10.5 Å². The molecule has 0 heterocycles. The topological polar surface area (TPSA) is 35.2 Å². The quantitative estimate of drug-likeness (QED) is 0.761. The number of nitrogens with two attached hydrogens (primary N) is 1. The van der Waals surface area contributed by atoms with E-state index in [0.29, 0.717) is 5.92 Å². The molecule has 2 N–H and O–H groups in total. The molecule has 0 aromatic heterocycles. The molecular weight excluding hydrogens is 186 g/mol. The first kappa shape index (κ1) is 13.0. The van der Waals surface area contributed by atoms with Crippen molar-refractivity contribution in [3.63, 3.8) is 0 Å². The van der Waals surface area contributed by atoms with Crippen molar-refractivity contribution in [1.29, 1.82) is 0 Å². The molecule has 0 amide bonds. The Morgan fingerprint density at radius 3 is 2.33 bits per heavy atom. The molecule has 2 atom stereocenters. The van der Waals surface area contributed by atoms with Crippen LogP contribution in [-0.4, -0.2) is 18.2 Å². The van der Waals surface area contributed by atoms with Crippen molar-refractivity contribution in [2.24, 2.45) is 11.7 Å². The van der Waals surface area contributed by atoms with Crippen LogP contribution in [0.15, 0.2) is 0 Å². The van der Waals surface area contributed by atoms with Gasteiger partial charge in [0.2, 0.25) is 0 Å². The zero-order valence-corrected chi connectivity index (χ0v) is 10.6. The summed E-state index contributed by atoms with van der Waals surface area (Å²) in [6.07, 6.45) is 7.70. The van der Waals surface area contributed by atoms with Crippen LogP contribution in [0.25, 0.3) is 0 Å². The lowest BCUT2D eigenvalue weighted by atomic mass is 9.76. The Bertz CT molecular complexity index is 177. The fraction of sp³-hybridized carbons (Fsp3) is 1.00. The van der Waals surface area contributed by atoms with E-state index < -0.39 is 0 Å². The molecule has 1 rings (SSSR count). The van der Waals surface area contributed by atoms with Gasteiger partial charge in [-0.15, -0.1) is 0 Å². The summed E-state index contributed by atoms with van der Waals surface area (Å²) in [5.41, 5.74) is 6.28. The molecule has 90 valence electrons. The van der Waals surface area contributed by atoms with Crippen LogP contribution in [0.1, 0.15) is 59.3 Å². The van der Waals surface area contributed by atoms with Crippen LogP contribution in [0.5, 0.6) is 0 Å². The van der Waals surface area contributed by atoms with Gasteiger partial charge in [0.25, 0.3) is 0 Å². The smallest absolute Gasteiger partial charge is 0.0804 e. The van der Waals surface area contributed by atoms with Crippen molar-refractivity contribution in [3.8, 4) is 0 Å². The van der Waals surface area contributed by atoms with Crippen LogP contribution >= 0.6 is 0 Å². The number of hydrogen-bond acceptors (Lipinski definition) is 2. The van der Waals surface area contributed by atoms with Crippen LogP contribution in [0.3, 0.4) is 0 Å². The van der Waals surface area contributed by atoms with Crippen LogP contribution in [0, 0.1) is 5.92 Å². The molecule has 0 aromatic rings. The molecule has 2 heteroatoms. The molecule has 15 heavy (non-hydrogen) atoms. The SMILES string of the molecule is CCOC(C)(CC)C(N)C1CCCCC1. The van der Waals surface area contributed by atoms with Gasteiger partial charge < -0.3 is 10.5 Å². The largest absolute Gasteiger partial charge is 0.374 e. The van der Waals surface area contributed by atoms with Crippen molar-refractivity contribution in [1.82, 2.24) is 0 Å². The molecule has 0 radical (unpaired) electrons. The van der Waals surface area contributed by atoms with Gasteiger partial charge in [0, 0.05) is 12.6 Å². The van der Waals surface area contributed by atoms with E-state index in [1.807, 2.05) is 0 Å². The second-order valence-corrected chi connectivity index (χ2v) is 5.02. The highest BCUT2D eigenvalue weighted by Crippen LogP contribution is 2.32. The molecule has 1 aliphatic carbocycles. The minimum Gasteiger partial charge on any atom is -0.374 e. The Morgan fingerprint density at radius 1 is 1.27 bits per heavy atom. The third-order valence-electron chi connectivity index (χ3n) is 4.04. The molecule has 2 unspecified atom stereocenters. The fourth-order valence-electron chi connectivity index (χ4n) is 2.76. The zero-order chi connectivity index (χ0) is 11.3. The van der Waals surface area contributed by atoms with Gasteiger partial charge in [0.1, 0.15) is 0 Å². The summed E-state index contributed by atoms with van der Waals surface area (Å²) < 4.78 is 5.87. The van der Waals surface area contributed by atoms with Gasteiger partial charge in [0.15, 0.2) is 0 Å². The standard InChI is InChI=1S/C13H27NO/c1-4-13(3,15-5-2)12(14)11-9-7-6-8-10-11/h11-12H,4-10,14H2,1-3H3. The van der Waals surface area contributed by atoms with E-state index in [0.717, 1.165) is 13.0 Å². The highest BCUT2D eigenvalue weighted by molar-refractivity contribution is 4.91. The summed E-state index contributed by atoms with van der Waals surface area (Å²) in [4.78, 5) is 0. The highest BCUT2D eigenvalue weighted by Gasteiger charge is 2.36. The molecular formula is C13H27NO. The molecule has 1 saturated carbocycles. The third kappa shape index (κ3) is 3.18. The van der Waals surface area contributed by atoms with Gasteiger partial charge in [-0.05, 0) is 39.0 Å². The maximum absolute atomic E-state index is 6.40. The van der Waals surface area contributed by atoms with Gasteiger partial charge in [-0.25, -0.2) is 0 Å². The van der Waals surface area contributed by atoms with Crippen molar-refractivity contribution in [2.45, 2.75) is 70.9 Å². The maximum Gasteiger partial charge on any atom is 0.0804 e. The molecule has 0 aliphatic heterocycles. The molecule has 0 spiro atoms. The normalized spacial score (nSPS) is 24.8. The van der Waals surface area contributed by atoms with Gasteiger partial charge >= 0.3 is 0 Å². The molecule has 1 aliphatic rings. The van der Waals surface area contributed by atoms with E-state index in [9.17, 15) is 0 Å². The first-order valence-corrected chi connectivity index (χ1v) is 6.53. The highest BCUT2D eigenvalue weighted by atomic mass is 16.5. The van der Waals surface area contributed by atoms with Gasteiger partial charge in [-0.1, -0.05) is 26.2 Å². The van der Waals surface area contributed by atoms with Crippen LogP contribution in [-0.2, 0) is 4.74 Å². The lowest BCUT2D eigenvalue weighted by Crippen LogP contribution is -2.52. The Morgan fingerprint density at radius 2 is 1.87 bits per heavy atom. The number of ether oxygens (including phenoxy) is 1. The van der Waals surface area contributed by atoms with E-state index in [1.165, 1.54) is 32.1 Å². The molecule has 0 bridgehead atoms. The second-order valence-electron chi connectivity index (χ2n) is 5.02. The summed E-state index contributed by atoms with van der Waals surface area (Å²) in [7, 11) is 0. The number of rotatable bonds is 5. The molecule has 0 saturated heterocycles. The van der Waals surface area contributed by atoms with Crippen LogP contribution in [0.4, 0.5) is 0 Å². The molecule has 1 fully saturated rings. The summed E-state index contributed by atoms with van der Waals surface area (Å²) in [5.74, 6) is 0.676. The van der Waals surface area contributed by atoms with E-state index in [-0.39, 0.29) is 11.6 Å². The molecule has 0 aromatic carbocycles. The summed E-state index contributed by atoms with van der Waals surface area (Å²) in [5, 5.41) is 0. The van der Waals surface area contributed by atoms with Gasteiger partial charge in [-0.3, -0.25) is 0 Å². The van der Waals surface area contributed by atoms with Crippen molar-refractivity contribution >= 4 is 0 Å². The lowest BCUT2D eigenvalue weighted by molar-refractivity contribution is -0.0626. The van der Waals surface area contributed by atoms with Crippen molar-refractivity contribution in [2.75, 3.05) is 6.61 Å². The predicted molar refractivity (Wildman–Crippen MR) is 64.9 cm³/mol. The monoisotopic (exact) mass is 213 g/mol. The Hall–Kier alpha value is -0.0800. The minimum absolute atomic E-state index is 0.114. The van der Waals surface area contributed by atoms with Crippen molar-refractivity contribution in [3.05, 3.63) is 0 Å². The number of hydrogen-bond donors (Lipinski definition) is 1. The Labute approximate surface area is 94.6 Å².